The summed E-state index contributed by atoms with van der Waals surface area (Å²) < 4.78 is 3.13. The molecule has 3 N–H and O–H groups in total. The first-order chi connectivity index (χ1) is 12.5. The third-order valence-corrected chi connectivity index (χ3v) is 4.76. The molecule has 0 atom stereocenters. The van der Waals surface area contributed by atoms with Crippen molar-refractivity contribution in [3.63, 3.8) is 0 Å². The number of fused-ring (bicyclic) bond motifs is 1. The number of pyridine rings is 1. The fourth-order valence-electron chi connectivity index (χ4n) is 2.96. The molecule has 0 saturated carbocycles. The van der Waals surface area contributed by atoms with Gasteiger partial charge in [-0.15, -0.1) is 0 Å². The molecule has 130 valence electrons. The lowest BCUT2D eigenvalue weighted by atomic mass is 10.0. The van der Waals surface area contributed by atoms with E-state index in [1.807, 2.05) is 42.5 Å². The smallest absolute Gasteiger partial charge is 0.252 e. The zero-order valence-corrected chi connectivity index (χ0v) is 15.1. The van der Waals surface area contributed by atoms with E-state index in [0.29, 0.717) is 16.4 Å². The average molecular weight is 384 g/mol. The molecule has 0 spiro atoms. The molecule has 0 saturated heterocycles. The van der Waals surface area contributed by atoms with Gasteiger partial charge in [-0.05, 0) is 35.5 Å². The molecule has 0 radical (unpaired) electrons. The molecule has 0 unspecified atom stereocenters. The van der Waals surface area contributed by atoms with Gasteiger partial charge in [0.05, 0.1) is 12.1 Å². The van der Waals surface area contributed by atoms with Gasteiger partial charge in [0, 0.05) is 16.5 Å². The summed E-state index contributed by atoms with van der Waals surface area (Å²) in [6.45, 7) is 0.175. The fourth-order valence-corrected chi connectivity index (χ4v) is 3.28. The molecule has 0 amide bonds. The summed E-state index contributed by atoms with van der Waals surface area (Å²) in [6, 6.07) is 16.9. The predicted octanol–water partition coefficient (Wildman–Crippen LogP) is 3.34. The normalized spacial score (nSPS) is 11.1. The average Bonchev–Trinajstić information content (AvgIpc) is 2.96. The number of nitrogen functional groups attached to an aromatic ring is 1. The lowest BCUT2D eigenvalue weighted by molar-refractivity contribution is 0.712. The standard InChI is InChI=1S/C18H14ClN5OS/c19-12-6-7-13-14(11-4-2-1-3-5-11)9-17(25)23(15(13)8-12)10-16-21-22-18(26)24(16)20/h1-9H,10,20H2,(H,22,26). The van der Waals surface area contributed by atoms with Gasteiger partial charge in [-0.3, -0.25) is 9.89 Å². The van der Waals surface area contributed by atoms with E-state index in [4.69, 9.17) is 29.7 Å². The third-order valence-electron chi connectivity index (χ3n) is 4.24. The van der Waals surface area contributed by atoms with Crippen molar-refractivity contribution in [2.75, 3.05) is 5.84 Å². The van der Waals surface area contributed by atoms with Crippen LogP contribution in [0.2, 0.25) is 5.02 Å². The first kappa shape index (κ1) is 16.6. The topological polar surface area (TPSA) is 81.6 Å². The van der Waals surface area contributed by atoms with Gasteiger partial charge in [0.25, 0.3) is 5.56 Å². The summed E-state index contributed by atoms with van der Waals surface area (Å²) in [5, 5.41) is 8.17. The number of H-pyrrole nitrogens is 1. The molecule has 4 rings (SSSR count). The quantitative estimate of drug-likeness (QED) is 0.420. The van der Waals surface area contributed by atoms with Gasteiger partial charge in [-0.1, -0.05) is 48.0 Å². The number of halogens is 1. The number of hydrogen-bond donors (Lipinski definition) is 2. The summed E-state index contributed by atoms with van der Waals surface area (Å²) in [4.78, 5) is 12.9. The maximum Gasteiger partial charge on any atom is 0.252 e. The van der Waals surface area contributed by atoms with Gasteiger partial charge in [0.2, 0.25) is 4.77 Å². The molecule has 26 heavy (non-hydrogen) atoms. The molecule has 8 heteroatoms. The van der Waals surface area contributed by atoms with Gasteiger partial charge in [0.15, 0.2) is 5.82 Å². The Hall–Kier alpha value is -2.90. The van der Waals surface area contributed by atoms with Crippen molar-refractivity contribution < 1.29 is 0 Å². The SMILES string of the molecule is Nn1c(Cn2c(=O)cc(-c3ccccc3)c3ccc(Cl)cc32)n[nH]c1=S. The van der Waals surface area contributed by atoms with Gasteiger partial charge in [-0.25, -0.2) is 4.68 Å². The maximum absolute atomic E-state index is 12.9. The van der Waals surface area contributed by atoms with E-state index >= 15 is 0 Å². The Balaban J connectivity index is 1.99. The highest BCUT2D eigenvalue weighted by molar-refractivity contribution is 7.71. The molecule has 0 bridgehead atoms. The van der Waals surface area contributed by atoms with E-state index in [-0.39, 0.29) is 16.9 Å². The van der Waals surface area contributed by atoms with Crippen molar-refractivity contribution in [3.05, 3.63) is 80.6 Å². The molecule has 0 aliphatic carbocycles. The van der Waals surface area contributed by atoms with E-state index in [0.717, 1.165) is 16.5 Å². The van der Waals surface area contributed by atoms with Crippen LogP contribution in [0.4, 0.5) is 0 Å². The lowest BCUT2D eigenvalue weighted by Crippen LogP contribution is -2.24. The van der Waals surface area contributed by atoms with Gasteiger partial charge < -0.3 is 10.4 Å². The second kappa shape index (κ2) is 6.44. The van der Waals surface area contributed by atoms with Crippen LogP contribution in [-0.4, -0.2) is 19.4 Å². The van der Waals surface area contributed by atoms with Crippen LogP contribution in [-0.2, 0) is 6.54 Å². The number of aromatic amines is 1. The summed E-state index contributed by atoms with van der Waals surface area (Å²) in [7, 11) is 0. The predicted molar refractivity (Wildman–Crippen MR) is 105 cm³/mol. The van der Waals surface area contributed by atoms with Crippen molar-refractivity contribution >= 4 is 34.7 Å². The lowest BCUT2D eigenvalue weighted by Gasteiger charge is -2.14. The van der Waals surface area contributed by atoms with E-state index in [2.05, 4.69) is 10.2 Å². The summed E-state index contributed by atoms with van der Waals surface area (Å²) in [5.41, 5.74) is 2.35. The van der Waals surface area contributed by atoms with Crippen molar-refractivity contribution in [3.8, 4) is 11.1 Å². The van der Waals surface area contributed by atoms with Crippen LogP contribution in [0.1, 0.15) is 5.82 Å². The summed E-state index contributed by atoms with van der Waals surface area (Å²) in [6.07, 6.45) is 0. The molecular formula is C18H14ClN5OS. The number of nitrogens with two attached hydrogens (primary N) is 1. The Morgan fingerprint density at radius 1 is 1.15 bits per heavy atom. The Bertz CT molecular complexity index is 1230. The highest BCUT2D eigenvalue weighted by Crippen LogP contribution is 2.29. The first-order valence-corrected chi connectivity index (χ1v) is 8.63. The Morgan fingerprint density at radius 3 is 2.62 bits per heavy atom. The molecule has 2 heterocycles. The molecule has 0 fully saturated rings. The van der Waals surface area contributed by atoms with E-state index in [1.54, 1.807) is 16.7 Å². The van der Waals surface area contributed by atoms with E-state index < -0.39 is 0 Å². The van der Waals surface area contributed by atoms with Crippen LogP contribution in [0, 0.1) is 4.77 Å². The minimum Gasteiger partial charge on any atom is -0.335 e. The molecule has 2 aromatic carbocycles. The number of aromatic nitrogens is 4. The number of nitrogens with one attached hydrogen (secondary N) is 1. The van der Waals surface area contributed by atoms with Gasteiger partial charge in [0.1, 0.15) is 0 Å². The van der Waals surface area contributed by atoms with Gasteiger partial charge in [-0.2, -0.15) is 5.10 Å². The zero-order chi connectivity index (χ0) is 18.3. The van der Waals surface area contributed by atoms with Crippen molar-refractivity contribution in [1.82, 2.24) is 19.4 Å². The van der Waals surface area contributed by atoms with E-state index in [9.17, 15) is 4.79 Å². The Kier molecular flexibility index (Phi) is 4.10. The van der Waals surface area contributed by atoms with Crippen LogP contribution in [0.5, 0.6) is 0 Å². The zero-order valence-electron chi connectivity index (χ0n) is 13.5. The highest BCUT2D eigenvalue weighted by atomic mass is 35.5. The number of benzene rings is 2. The molecule has 6 nitrogen and oxygen atoms in total. The Morgan fingerprint density at radius 2 is 1.92 bits per heavy atom. The van der Waals surface area contributed by atoms with Crippen LogP contribution in [0.25, 0.3) is 22.0 Å². The first-order valence-electron chi connectivity index (χ1n) is 7.84. The number of hydrogen-bond acceptors (Lipinski definition) is 4. The van der Waals surface area contributed by atoms with Crippen LogP contribution in [0.3, 0.4) is 0 Å². The monoisotopic (exact) mass is 383 g/mol. The highest BCUT2D eigenvalue weighted by Gasteiger charge is 2.13. The molecule has 2 aromatic heterocycles. The Labute approximate surface area is 158 Å². The minimum atomic E-state index is -0.174. The van der Waals surface area contributed by atoms with Crippen LogP contribution < -0.4 is 11.4 Å². The summed E-state index contributed by atoms with van der Waals surface area (Å²) in [5.74, 6) is 6.32. The molecule has 0 aliphatic heterocycles. The van der Waals surface area contributed by atoms with Gasteiger partial charge >= 0.3 is 0 Å². The molecule has 4 aromatic rings. The second-order valence-corrected chi connectivity index (χ2v) is 6.65. The van der Waals surface area contributed by atoms with Crippen molar-refractivity contribution in [2.24, 2.45) is 0 Å². The van der Waals surface area contributed by atoms with Crippen LogP contribution >= 0.6 is 23.8 Å². The molecule has 0 aliphatic rings. The molecular weight excluding hydrogens is 370 g/mol. The van der Waals surface area contributed by atoms with Crippen molar-refractivity contribution in [1.29, 1.82) is 0 Å². The summed E-state index contributed by atoms with van der Waals surface area (Å²) >= 11 is 11.2. The third kappa shape index (κ3) is 2.81. The largest absolute Gasteiger partial charge is 0.335 e. The van der Waals surface area contributed by atoms with Crippen LogP contribution in [0.15, 0.2) is 59.4 Å². The van der Waals surface area contributed by atoms with Crippen molar-refractivity contribution in [2.45, 2.75) is 6.54 Å². The number of nitrogens with zero attached hydrogens (tertiary/aromatic N) is 3. The minimum absolute atomic E-state index is 0.174. The number of rotatable bonds is 3. The fraction of sp³-hybridized carbons (Fsp3) is 0.0556. The second-order valence-electron chi connectivity index (χ2n) is 5.82. The maximum atomic E-state index is 12.9. The van der Waals surface area contributed by atoms with E-state index in [1.165, 1.54) is 4.68 Å².